The van der Waals surface area contributed by atoms with E-state index in [-0.39, 0.29) is 36.3 Å². The van der Waals surface area contributed by atoms with Crippen LogP contribution < -0.4 is 11.1 Å². The summed E-state index contributed by atoms with van der Waals surface area (Å²) in [6.07, 6.45) is -1.57. The maximum Gasteiger partial charge on any atom is 0.411 e. The molecule has 0 radical (unpaired) electrons. The monoisotopic (exact) mass is 505 g/mol. The molecule has 12 nitrogen and oxygen atoms in total. The summed E-state index contributed by atoms with van der Waals surface area (Å²) < 4.78 is 4.80. The number of hydrogen-bond acceptors (Lipinski definition) is 10. The zero-order valence-corrected chi connectivity index (χ0v) is 20.3. The standard InChI is InChI=1S/C24H31N3O9/c1-4-36-23(34)26-14-6-5-11-7-12-8-13(15(10-28)27(2)3)24(35,16(29)9-17(25)30)22(33)19(12)21(32)18(11)20(14)31/h5-6,12-13,15,28,31,33,35H,4,7-10H2,1-3H3,(H2,25,30)(H,26,34)/t12-,13-,15+,24+/m0/s1. The number of benzene rings is 1. The second-order valence-electron chi connectivity index (χ2n) is 9.22. The predicted molar refractivity (Wildman–Crippen MR) is 126 cm³/mol. The van der Waals surface area contributed by atoms with Gasteiger partial charge in [-0.15, -0.1) is 0 Å². The molecule has 196 valence electrons. The number of carbonyl (C=O) groups is 4. The minimum Gasteiger partial charge on any atom is -0.508 e. The number of carbonyl (C=O) groups excluding carboxylic acids is 4. The fraction of sp³-hybridized carbons (Fsp3) is 0.500. The average molecular weight is 506 g/mol. The van der Waals surface area contributed by atoms with E-state index in [1.54, 1.807) is 32.0 Å². The lowest BCUT2D eigenvalue weighted by molar-refractivity contribution is -0.151. The van der Waals surface area contributed by atoms with Crippen molar-refractivity contribution in [2.75, 3.05) is 32.6 Å². The number of aliphatic hydroxyl groups is 3. The second kappa shape index (κ2) is 10.2. The molecular weight excluding hydrogens is 474 g/mol. The Morgan fingerprint density at radius 2 is 1.94 bits per heavy atom. The molecule has 0 heterocycles. The molecule has 0 saturated heterocycles. The van der Waals surface area contributed by atoms with Crippen LogP contribution in [0.5, 0.6) is 5.75 Å². The number of aromatic hydroxyl groups is 1. The number of phenolic OH excluding ortho intramolecular Hbond substituents is 1. The number of nitrogens with two attached hydrogens (primary N) is 1. The molecule has 1 aromatic carbocycles. The molecule has 4 atom stereocenters. The lowest BCUT2D eigenvalue weighted by Gasteiger charge is -2.47. The number of amides is 2. The van der Waals surface area contributed by atoms with Crippen molar-refractivity contribution in [1.29, 1.82) is 0 Å². The number of ether oxygens (including phenoxy) is 1. The minimum atomic E-state index is -2.68. The second-order valence-corrected chi connectivity index (χ2v) is 9.22. The van der Waals surface area contributed by atoms with Gasteiger partial charge in [-0.25, -0.2) is 4.79 Å². The summed E-state index contributed by atoms with van der Waals surface area (Å²) in [5, 5.41) is 46.0. The van der Waals surface area contributed by atoms with E-state index < -0.39 is 71.6 Å². The number of allylic oxidation sites excluding steroid dienone is 1. The number of primary amides is 1. The molecule has 1 aromatic rings. The van der Waals surface area contributed by atoms with Crippen LogP contribution in [0, 0.1) is 11.8 Å². The Labute approximate surface area is 207 Å². The highest BCUT2D eigenvalue weighted by Crippen LogP contribution is 2.49. The Morgan fingerprint density at radius 3 is 2.50 bits per heavy atom. The fourth-order valence-corrected chi connectivity index (χ4v) is 5.20. The Morgan fingerprint density at radius 1 is 1.28 bits per heavy atom. The van der Waals surface area contributed by atoms with Crippen LogP contribution in [0.15, 0.2) is 23.5 Å². The summed E-state index contributed by atoms with van der Waals surface area (Å²) in [7, 11) is 3.24. The molecule has 0 aromatic heterocycles. The number of likely N-dealkylation sites (N-methyl/N-ethyl adjacent to an activating group) is 1. The molecular formula is C24H31N3O9. The van der Waals surface area contributed by atoms with Gasteiger partial charge in [0.2, 0.25) is 5.91 Å². The zero-order chi connectivity index (χ0) is 26.9. The number of Topliss-reactive ketones (excluding diaryl/α,β-unsaturated/α-hetero) is 2. The Hall–Kier alpha value is -3.48. The number of aliphatic hydroxyl groups excluding tert-OH is 2. The Balaban J connectivity index is 2.16. The Kier molecular flexibility index (Phi) is 7.72. The quantitative estimate of drug-likeness (QED) is 0.210. The Bertz CT molecular complexity index is 1130. The number of phenols is 1. The van der Waals surface area contributed by atoms with Gasteiger partial charge in [-0.05, 0) is 51.4 Å². The highest BCUT2D eigenvalue weighted by molar-refractivity contribution is 6.15. The van der Waals surface area contributed by atoms with Gasteiger partial charge in [0.25, 0.3) is 0 Å². The van der Waals surface area contributed by atoms with Crippen LogP contribution >= 0.6 is 0 Å². The molecule has 0 fully saturated rings. The molecule has 0 aliphatic heterocycles. The first-order valence-corrected chi connectivity index (χ1v) is 11.5. The van der Waals surface area contributed by atoms with E-state index in [1.165, 1.54) is 6.07 Å². The minimum absolute atomic E-state index is 0.0125. The molecule has 2 amide bonds. The maximum absolute atomic E-state index is 13.6. The number of nitrogens with one attached hydrogen (secondary N) is 1. The van der Waals surface area contributed by atoms with E-state index in [1.807, 2.05) is 0 Å². The van der Waals surface area contributed by atoms with E-state index >= 15 is 0 Å². The van der Waals surface area contributed by atoms with Gasteiger partial charge in [-0.2, -0.15) is 0 Å². The number of nitrogens with zero attached hydrogens (tertiary/aromatic N) is 1. The third-order valence-electron chi connectivity index (χ3n) is 6.89. The summed E-state index contributed by atoms with van der Waals surface area (Å²) in [5.41, 5.74) is 2.35. The van der Waals surface area contributed by atoms with Crippen molar-refractivity contribution in [3.05, 3.63) is 34.6 Å². The molecule has 12 heteroatoms. The fourth-order valence-electron chi connectivity index (χ4n) is 5.20. The third-order valence-corrected chi connectivity index (χ3v) is 6.89. The lowest BCUT2D eigenvalue weighted by Crippen LogP contribution is -2.60. The maximum atomic E-state index is 13.6. The summed E-state index contributed by atoms with van der Waals surface area (Å²) >= 11 is 0. The number of hydrogen-bond donors (Lipinski definition) is 6. The molecule has 36 heavy (non-hydrogen) atoms. The number of rotatable bonds is 8. The van der Waals surface area contributed by atoms with Gasteiger partial charge in [0.05, 0.1) is 30.9 Å². The molecule has 2 aliphatic rings. The predicted octanol–water partition coefficient (Wildman–Crippen LogP) is 0.246. The third kappa shape index (κ3) is 4.54. The van der Waals surface area contributed by atoms with Crippen molar-refractivity contribution in [2.45, 2.75) is 37.8 Å². The first-order chi connectivity index (χ1) is 16.9. The molecule has 7 N–H and O–H groups in total. The summed E-state index contributed by atoms with van der Waals surface area (Å²) in [6.45, 7) is 1.20. The molecule has 3 rings (SSSR count). The molecule has 0 spiro atoms. The lowest BCUT2D eigenvalue weighted by atomic mass is 9.61. The van der Waals surface area contributed by atoms with Crippen molar-refractivity contribution < 1.29 is 44.3 Å². The van der Waals surface area contributed by atoms with Gasteiger partial charge in [-0.3, -0.25) is 19.7 Å². The normalized spacial score (nSPS) is 24.1. The van der Waals surface area contributed by atoms with Gasteiger partial charge in [0, 0.05) is 17.5 Å². The largest absolute Gasteiger partial charge is 0.508 e. The van der Waals surface area contributed by atoms with Gasteiger partial charge < -0.3 is 35.8 Å². The van der Waals surface area contributed by atoms with Crippen LogP contribution in [0.4, 0.5) is 10.5 Å². The SMILES string of the molecule is CCOC(=O)Nc1ccc2c(c1O)C(=O)C1=C(O)[C@](O)(C(=O)CC(N)=O)[C@H]([C@@H](CO)N(C)C)C[C@@H]1C2. The summed E-state index contributed by atoms with van der Waals surface area (Å²) in [6, 6.07) is 2.15. The summed E-state index contributed by atoms with van der Waals surface area (Å²) in [4.78, 5) is 51.5. The van der Waals surface area contributed by atoms with Gasteiger partial charge in [0.1, 0.15) is 5.76 Å². The molecule has 0 bridgehead atoms. The van der Waals surface area contributed by atoms with Crippen LogP contribution in [0.3, 0.4) is 0 Å². The van der Waals surface area contributed by atoms with E-state index in [2.05, 4.69) is 5.32 Å². The zero-order valence-electron chi connectivity index (χ0n) is 20.3. The van der Waals surface area contributed by atoms with Crippen LogP contribution in [-0.2, 0) is 20.7 Å². The van der Waals surface area contributed by atoms with Crippen LogP contribution in [-0.4, -0.2) is 87.8 Å². The van der Waals surface area contributed by atoms with Crippen molar-refractivity contribution in [2.24, 2.45) is 17.6 Å². The number of ketones is 2. The van der Waals surface area contributed by atoms with Crippen molar-refractivity contribution >= 4 is 29.3 Å². The number of fused-ring (bicyclic) bond motifs is 2. The van der Waals surface area contributed by atoms with Crippen LogP contribution in [0.25, 0.3) is 0 Å². The number of anilines is 1. The molecule has 2 aliphatic carbocycles. The van der Waals surface area contributed by atoms with E-state index in [9.17, 15) is 39.6 Å². The van der Waals surface area contributed by atoms with Gasteiger partial charge in [-0.1, -0.05) is 6.07 Å². The van der Waals surface area contributed by atoms with Gasteiger partial charge in [0.15, 0.2) is 22.9 Å². The topological polar surface area (TPSA) is 200 Å². The van der Waals surface area contributed by atoms with Crippen molar-refractivity contribution in [3.63, 3.8) is 0 Å². The van der Waals surface area contributed by atoms with Crippen LogP contribution in [0.2, 0.25) is 0 Å². The van der Waals surface area contributed by atoms with Gasteiger partial charge >= 0.3 is 6.09 Å². The average Bonchev–Trinajstić information content (AvgIpc) is 2.78. The highest BCUT2D eigenvalue weighted by atomic mass is 16.5. The van der Waals surface area contributed by atoms with Crippen molar-refractivity contribution in [3.8, 4) is 5.75 Å². The van der Waals surface area contributed by atoms with Crippen LogP contribution in [0.1, 0.15) is 35.7 Å². The first-order valence-electron chi connectivity index (χ1n) is 11.5. The highest BCUT2D eigenvalue weighted by Gasteiger charge is 2.58. The van der Waals surface area contributed by atoms with E-state index in [4.69, 9.17) is 10.5 Å². The summed E-state index contributed by atoms with van der Waals surface area (Å²) in [5.74, 6) is -6.21. The van der Waals surface area contributed by atoms with Crippen molar-refractivity contribution in [1.82, 2.24) is 4.90 Å². The van der Waals surface area contributed by atoms with E-state index in [0.717, 1.165) is 0 Å². The molecule has 0 unspecified atom stereocenters. The molecule has 0 saturated carbocycles. The first kappa shape index (κ1) is 27.1. The smallest absolute Gasteiger partial charge is 0.411 e. The van der Waals surface area contributed by atoms with E-state index in [0.29, 0.717) is 5.56 Å².